The molecule has 0 saturated heterocycles. The monoisotopic (exact) mass is 871 g/mol. The van der Waals surface area contributed by atoms with Crippen LogP contribution in [-0.4, -0.2) is 103 Å². The van der Waals surface area contributed by atoms with Crippen molar-refractivity contribution in [2.75, 3.05) is 40.5 Å². The number of thiophene rings is 1. The van der Waals surface area contributed by atoms with Gasteiger partial charge in [-0.05, 0) is 45.4 Å². The van der Waals surface area contributed by atoms with E-state index in [0.29, 0.717) is 10.3 Å². The molecule has 0 saturated carbocycles. The molecule has 5 rings (SSSR count). The number of esters is 2. The average molecular weight is 872 g/mol. The maximum Gasteiger partial charge on any atom is 0.306 e. The van der Waals surface area contributed by atoms with Crippen LogP contribution in [-0.2, 0) is 51.3 Å². The first-order valence-corrected chi connectivity index (χ1v) is 20.2. The van der Waals surface area contributed by atoms with Crippen LogP contribution in [0.4, 0.5) is 8.78 Å². The Morgan fingerprint density at radius 3 is 2.10 bits per heavy atom. The number of hydrogen-bond acceptors (Lipinski definition) is 14. The molecule has 4 amide bonds. The van der Waals surface area contributed by atoms with Crippen LogP contribution in [0.25, 0.3) is 10.1 Å². The molecule has 0 aliphatic carbocycles. The summed E-state index contributed by atoms with van der Waals surface area (Å²) in [6, 6.07) is 4.49. The van der Waals surface area contributed by atoms with Crippen molar-refractivity contribution in [3.63, 3.8) is 0 Å². The van der Waals surface area contributed by atoms with E-state index in [0.717, 1.165) is 28.4 Å². The van der Waals surface area contributed by atoms with Gasteiger partial charge >= 0.3 is 11.9 Å². The lowest BCUT2D eigenvalue weighted by Gasteiger charge is -2.20. The Morgan fingerprint density at radius 2 is 1.46 bits per heavy atom. The number of hydrogen-bond donors (Lipinski definition) is 1. The Labute approximate surface area is 354 Å². The fourth-order valence-corrected chi connectivity index (χ4v) is 7.38. The molecule has 0 unspecified atom stereocenters. The van der Waals surface area contributed by atoms with Gasteiger partial charge in [-0.3, -0.25) is 38.5 Å². The highest BCUT2D eigenvalue weighted by atomic mass is 32.1. The quantitative estimate of drug-likeness (QED) is 0.0695. The van der Waals surface area contributed by atoms with E-state index in [2.05, 4.69) is 5.32 Å². The number of halogens is 2. The summed E-state index contributed by atoms with van der Waals surface area (Å²) in [5.74, 6) is -5.41. The molecule has 1 atom stereocenters. The van der Waals surface area contributed by atoms with Gasteiger partial charge in [0.25, 0.3) is 11.8 Å². The van der Waals surface area contributed by atoms with Gasteiger partial charge in [0.2, 0.25) is 11.8 Å². The lowest BCUT2D eigenvalue weighted by molar-refractivity contribution is -0.156. The highest BCUT2D eigenvalue weighted by Gasteiger charge is 2.31. The van der Waals surface area contributed by atoms with E-state index < -0.39 is 65.3 Å². The minimum atomic E-state index is -0.774. The van der Waals surface area contributed by atoms with E-state index >= 15 is 8.78 Å². The van der Waals surface area contributed by atoms with Crippen molar-refractivity contribution in [1.82, 2.24) is 15.1 Å². The van der Waals surface area contributed by atoms with Gasteiger partial charge in [0, 0.05) is 66.2 Å². The number of rotatable bonds is 20. The summed E-state index contributed by atoms with van der Waals surface area (Å²) < 4.78 is 64.8. The number of imide groups is 1. The third kappa shape index (κ3) is 11.8. The van der Waals surface area contributed by atoms with Crippen molar-refractivity contribution >= 4 is 62.8 Å². The third-order valence-electron chi connectivity index (χ3n) is 9.26. The maximum atomic E-state index is 15.8. The molecule has 2 aliphatic rings. The van der Waals surface area contributed by atoms with Gasteiger partial charge in [0.05, 0.1) is 51.7 Å². The minimum absolute atomic E-state index is 0.0148. The third-order valence-corrected chi connectivity index (χ3v) is 10.4. The van der Waals surface area contributed by atoms with Crippen LogP contribution >= 0.6 is 11.3 Å². The molecule has 0 fully saturated rings. The molecule has 1 aromatic heterocycles. The van der Waals surface area contributed by atoms with Crippen molar-refractivity contribution in [2.45, 2.75) is 84.6 Å². The van der Waals surface area contributed by atoms with E-state index in [-0.39, 0.29) is 110 Å². The molecule has 0 bridgehead atoms. The van der Waals surface area contributed by atoms with Gasteiger partial charge in [0.1, 0.15) is 18.2 Å². The first-order chi connectivity index (χ1) is 28.9. The summed E-state index contributed by atoms with van der Waals surface area (Å²) in [5, 5.41) is 2.58. The Bertz CT molecular complexity index is 2230. The zero-order valence-electron chi connectivity index (χ0n) is 34.6. The molecule has 2 aromatic carbocycles. The molecule has 3 heterocycles. The number of Topliss-reactive ketones (excluding diaryl/α,β-unsaturated/α-hetero) is 1. The highest BCUT2D eigenvalue weighted by molar-refractivity contribution is 7.20. The second kappa shape index (κ2) is 20.0. The molecule has 0 spiro atoms. The molecule has 16 nitrogen and oxygen atoms in total. The normalized spacial score (nSPS) is 13.9. The molecule has 3 aromatic rings. The predicted molar refractivity (Wildman–Crippen MR) is 214 cm³/mol. The second-order valence-electron chi connectivity index (χ2n) is 15.1. The fraction of sp³-hybridized carbons (Fsp3) is 0.452. The minimum Gasteiger partial charge on any atom is -0.493 e. The van der Waals surface area contributed by atoms with Crippen molar-refractivity contribution < 1.29 is 70.8 Å². The average Bonchev–Trinajstić information content (AvgIpc) is 3.93. The van der Waals surface area contributed by atoms with Crippen LogP contribution in [0.2, 0.25) is 0 Å². The molecule has 2 aliphatic heterocycles. The van der Waals surface area contributed by atoms with E-state index in [9.17, 15) is 33.6 Å². The molecule has 0 radical (unpaired) electrons. The molecule has 61 heavy (non-hydrogen) atoms. The summed E-state index contributed by atoms with van der Waals surface area (Å²) in [6.45, 7) is 6.15. The van der Waals surface area contributed by atoms with E-state index in [1.165, 1.54) is 38.2 Å². The van der Waals surface area contributed by atoms with Gasteiger partial charge in [-0.1, -0.05) is 0 Å². The SMILES string of the molecule is COc1cc2c(c(F)c1OCCCOc1c(OC)cc3sc(C(=O)CCC(=O)O[C@H](C)CNC(=O)CN4C(=O)C=CC4=O)cc3c1F)CN(C(=O)CCC(=O)OC(C)(C)C)C2. The first kappa shape index (κ1) is 46.0. The summed E-state index contributed by atoms with van der Waals surface area (Å²) in [5.41, 5.74) is 0.141. The van der Waals surface area contributed by atoms with Crippen molar-refractivity contribution in [1.29, 1.82) is 0 Å². The van der Waals surface area contributed by atoms with Crippen molar-refractivity contribution in [2.24, 2.45) is 0 Å². The van der Waals surface area contributed by atoms with Crippen LogP contribution in [0, 0.1) is 11.6 Å². The number of nitrogens with one attached hydrogen (secondary N) is 1. The molecule has 1 N–H and O–H groups in total. The number of ether oxygens (including phenoxy) is 6. The summed E-state index contributed by atoms with van der Waals surface area (Å²) >= 11 is 1.01. The summed E-state index contributed by atoms with van der Waals surface area (Å²) in [4.78, 5) is 88.2. The van der Waals surface area contributed by atoms with Crippen LogP contribution in [0.1, 0.15) is 80.6 Å². The van der Waals surface area contributed by atoms with Gasteiger partial charge < -0.3 is 38.6 Å². The van der Waals surface area contributed by atoms with E-state index in [4.69, 9.17) is 28.4 Å². The largest absolute Gasteiger partial charge is 0.493 e. The highest BCUT2D eigenvalue weighted by Crippen LogP contribution is 2.41. The molecule has 19 heteroatoms. The summed E-state index contributed by atoms with van der Waals surface area (Å²) in [6.07, 6.45) is 0.814. The van der Waals surface area contributed by atoms with Crippen LogP contribution in [0.5, 0.6) is 23.0 Å². The molecular formula is C42H47F2N3O13S. The Hall–Kier alpha value is -6.11. The zero-order chi connectivity index (χ0) is 44.6. The smallest absolute Gasteiger partial charge is 0.306 e. The lowest BCUT2D eigenvalue weighted by atomic mass is 10.1. The Morgan fingerprint density at radius 1 is 0.836 bits per heavy atom. The number of ketones is 1. The van der Waals surface area contributed by atoms with Gasteiger partial charge in [0.15, 0.2) is 40.4 Å². The molecule has 328 valence electrons. The zero-order valence-corrected chi connectivity index (χ0v) is 35.4. The number of methoxy groups -OCH3 is 2. The summed E-state index contributed by atoms with van der Waals surface area (Å²) in [7, 11) is 2.69. The predicted octanol–water partition coefficient (Wildman–Crippen LogP) is 4.94. The number of carbonyl (C=O) groups excluding carboxylic acids is 7. The van der Waals surface area contributed by atoms with Gasteiger partial charge in [-0.15, -0.1) is 11.3 Å². The number of benzene rings is 2. The first-order valence-electron chi connectivity index (χ1n) is 19.3. The number of carbonyl (C=O) groups is 7. The maximum absolute atomic E-state index is 15.8. The Kier molecular flexibility index (Phi) is 15.0. The fourth-order valence-electron chi connectivity index (χ4n) is 6.32. The lowest BCUT2D eigenvalue weighted by Crippen LogP contribution is -2.42. The Balaban J connectivity index is 1.10. The van der Waals surface area contributed by atoms with Crippen LogP contribution in [0.15, 0.2) is 30.4 Å². The van der Waals surface area contributed by atoms with E-state index in [1.54, 1.807) is 26.8 Å². The van der Waals surface area contributed by atoms with E-state index in [1.807, 2.05) is 0 Å². The number of nitrogens with zero attached hydrogens (tertiary/aromatic N) is 2. The topological polar surface area (TPSA) is 193 Å². The van der Waals surface area contributed by atoms with Crippen LogP contribution in [0.3, 0.4) is 0 Å². The van der Waals surface area contributed by atoms with Gasteiger partial charge in [-0.2, -0.15) is 0 Å². The van der Waals surface area contributed by atoms with Crippen molar-refractivity contribution in [3.05, 3.63) is 58.0 Å². The standard InChI is InChI=1S/C42H47F2N3O13S/c1-23(19-45-32(49)22-47-34(51)9-10-35(47)52)59-36(53)12-8-27(48)31-17-25-30(61-31)18-29(56-6)41(38(25)43)58-15-7-14-57-40-28(55-5)16-24-20-46(21-26(24)39(40)44)33(50)11-13-37(54)60-42(2,3)4/h9-10,16-18,23H,7-8,11-15,19-22H2,1-6H3,(H,45,49)/t23-/m1/s1. The number of fused-ring (bicyclic) bond motifs is 2. The molecular weight excluding hydrogens is 825 g/mol. The van der Waals surface area contributed by atoms with Crippen molar-refractivity contribution in [3.8, 4) is 23.0 Å². The van der Waals surface area contributed by atoms with Crippen LogP contribution < -0.4 is 24.3 Å². The second-order valence-corrected chi connectivity index (χ2v) is 16.2. The van der Waals surface area contributed by atoms with Gasteiger partial charge in [-0.25, -0.2) is 8.78 Å². The number of amides is 4.